The molecule has 1 atom stereocenters. The number of carbonyl (C=O) groups is 1. The van der Waals surface area contributed by atoms with Gasteiger partial charge in [0.05, 0.1) is 35.6 Å². The maximum absolute atomic E-state index is 15.1. The van der Waals surface area contributed by atoms with Crippen LogP contribution in [0.25, 0.3) is 10.9 Å². The minimum atomic E-state index is -0.589. The molecule has 0 aliphatic carbocycles. The number of carbonyl (C=O) groups excluding carboxylic acids is 1. The van der Waals surface area contributed by atoms with Crippen LogP contribution >= 0.6 is 11.6 Å². The van der Waals surface area contributed by atoms with Crippen molar-refractivity contribution in [1.82, 2.24) is 4.98 Å². The summed E-state index contributed by atoms with van der Waals surface area (Å²) in [7, 11) is 0. The largest absolute Gasteiger partial charge is 0.489 e. The highest BCUT2D eigenvalue weighted by atomic mass is 35.5. The van der Waals surface area contributed by atoms with Gasteiger partial charge in [-0.15, -0.1) is 0 Å². The van der Waals surface area contributed by atoms with Gasteiger partial charge in [-0.25, -0.2) is 9.18 Å². The van der Waals surface area contributed by atoms with Gasteiger partial charge in [-0.05, 0) is 51.1 Å². The first-order chi connectivity index (χ1) is 15.3. The fraction of sp³-hybridized carbons (Fsp3) is 0.304. The number of H-pyrrole nitrogens is 1. The summed E-state index contributed by atoms with van der Waals surface area (Å²) in [4.78, 5) is 28.7. The molecule has 1 amide bonds. The summed E-state index contributed by atoms with van der Waals surface area (Å²) < 4.78 is 25.7. The monoisotopic (exact) mass is 459 g/mol. The topological polar surface area (TPSA) is 83.7 Å². The first kappa shape index (κ1) is 22.0. The van der Waals surface area contributed by atoms with Gasteiger partial charge >= 0.3 is 6.09 Å². The van der Waals surface area contributed by atoms with Crippen molar-refractivity contribution in [3.63, 3.8) is 0 Å². The number of ether oxygens (including phenoxy) is 2. The van der Waals surface area contributed by atoms with E-state index in [2.05, 4.69) is 10.3 Å². The molecule has 168 valence electrons. The molecule has 0 saturated carbocycles. The maximum Gasteiger partial charge on any atom is 0.414 e. The van der Waals surface area contributed by atoms with E-state index >= 15 is 4.39 Å². The Kier molecular flexibility index (Phi) is 5.97. The molecule has 1 fully saturated rings. The van der Waals surface area contributed by atoms with Crippen molar-refractivity contribution in [3.8, 4) is 5.75 Å². The number of nitrogens with one attached hydrogen (secondary N) is 2. The van der Waals surface area contributed by atoms with Crippen molar-refractivity contribution in [2.24, 2.45) is 0 Å². The Balaban J connectivity index is 1.65. The Morgan fingerprint density at radius 3 is 2.69 bits per heavy atom. The number of benzene rings is 2. The van der Waals surface area contributed by atoms with Crippen LogP contribution in [0.5, 0.6) is 5.75 Å². The van der Waals surface area contributed by atoms with Crippen LogP contribution in [0.3, 0.4) is 0 Å². The van der Waals surface area contributed by atoms with Crippen LogP contribution in [0, 0.1) is 5.82 Å². The summed E-state index contributed by atoms with van der Waals surface area (Å²) in [5.41, 5.74) is 0.846. The Morgan fingerprint density at radius 2 is 2.00 bits per heavy atom. The molecule has 0 bridgehead atoms. The molecule has 2 heterocycles. The second kappa shape index (κ2) is 8.70. The van der Waals surface area contributed by atoms with E-state index in [0.717, 1.165) is 5.39 Å². The molecule has 0 unspecified atom stereocenters. The van der Waals surface area contributed by atoms with Crippen LogP contribution in [0.2, 0.25) is 5.02 Å². The van der Waals surface area contributed by atoms with Crippen LogP contribution in [0.1, 0.15) is 32.4 Å². The third-order valence-corrected chi connectivity index (χ3v) is 5.56. The summed E-state index contributed by atoms with van der Waals surface area (Å²) in [6, 6.07) is 9.46. The average molecular weight is 460 g/mol. The number of aromatic nitrogens is 1. The number of amides is 1. The predicted molar refractivity (Wildman–Crippen MR) is 122 cm³/mol. The van der Waals surface area contributed by atoms with Gasteiger partial charge < -0.3 is 19.8 Å². The van der Waals surface area contributed by atoms with Crippen LogP contribution in [0.15, 0.2) is 41.2 Å². The number of rotatable bonds is 6. The molecule has 1 aliphatic rings. The number of halogens is 2. The van der Waals surface area contributed by atoms with Crippen molar-refractivity contribution in [3.05, 3.63) is 63.2 Å². The molecule has 1 saturated heterocycles. The molecule has 32 heavy (non-hydrogen) atoms. The first-order valence-electron chi connectivity index (χ1n) is 10.3. The van der Waals surface area contributed by atoms with Crippen molar-refractivity contribution < 1.29 is 18.7 Å². The third-order valence-electron chi connectivity index (χ3n) is 5.18. The van der Waals surface area contributed by atoms with E-state index in [4.69, 9.17) is 21.1 Å². The van der Waals surface area contributed by atoms with E-state index in [-0.39, 0.29) is 36.2 Å². The average Bonchev–Trinajstić information content (AvgIpc) is 3.17. The minimum absolute atomic E-state index is 0.0618. The Labute approximate surface area is 189 Å². The van der Waals surface area contributed by atoms with E-state index in [9.17, 15) is 9.59 Å². The zero-order valence-electron chi connectivity index (χ0n) is 17.9. The number of nitrogens with zero attached hydrogens (tertiary/aromatic N) is 1. The summed E-state index contributed by atoms with van der Waals surface area (Å²) in [5, 5.41) is 4.09. The van der Waals surface area contributed by atoms with E-state index < -0.39 is 18.0 Å². The maximum atomic E-state index is 15.1. The van der Waals surface area contributed by atoms with Gasteiger partial charge in [0.2, 0.25) is 0 Å². The van der Waals surface area contributed by atoms with Crippen molar-refractivity contribution >= 4 is 40.0 Å². The lowest BCUT2D eigenvalue weighted by atomic mass is 10.1. The molecule has 2 N–H and O–H groups in total. The number of cyclic esters (lactones) is 1. The molecular weight excluding hydrogens is 437 g/mol. The molecule has 4 rings (SSSR count). The number of anilines is 2. The van der Waals surface area contributed by atoms with Gasteiger partial charge in [0.1, 0.15) is 17.4 Å². The summed E-state index contributed by atoms with van der Waals surface area (Å²) in [5.74, 6) is -0.1000. The number of fused-ring (bicyclic) bond motifs is 1. The van der Waals surface area contributed by atoms with Crippen molar-refractivity contribution in [2.75, 3.05) is 23.4 Å². The molecule has 0 spiro atoms. The lowest BCUT2D eigenvalue weighted by Crippen LogP contribution is -2.25. The molecule has 2 aromatic carbocycles. The second-order valence-electron chi connectivity index (χ2n) is 7.83. The molecular formula is C23H23ClFN3O4. The van der Waals surface area contributed by atoms with Gasteiger partial charge in [0.25, 0.3) is 5.56 Å². The van der Waals surface area contributed by atoms with Gasteiger partial charge in [-0.1, -0.05) is 17.7 Å². The fourth-order valence-corrected chi connectivity index (χ4v) is 3.93. The number of pyridine rings is 1. The van der Waals surface area contributed by atoms with Crippen LogP contribution in [0.4, 0.5) is 20.6 Å². The first-order valence-corrected chi connectivity index (χ1v) is 10.7. The standard InChI is InChI=1S/C23H23ClFN3O4/c1-12(2)32-18-8-7-14-11-15(22(29)27-21(14)19(18)24)13(3)26-16-5-4-6-17(20(16)25)28-9-10-31-23(28)30/h4-8,11-13,26H,9-10H2,1-3H3,(H,27,29)/t13-/m0/s1. The second-order valence-corrected chi connectivity index (χ2v) is 8.21. The van der Waals surface area contributed by atoms with E-state index in [1.54, 1.807) is 31.2 Å². The lowest BCUT2D eigenvalue weighted by molar-refractivity contribution is 0.181. The Bertz CT molecular complexity index is 1240. The summed E-state index contributed by atoms with van der Waals surface area (Å²) >= 11 is 6.43. The van der Waals surface area contributed by atoms with E-state index in [1.807, 2.05) is 19.9 Å². The highest BCUT2D eigenvalue weighted by Gasteiger charge is 2.27. The summed E-state index contributed by atoms with van der Waals surface area (Å²) in [6.45, 7) is 6.03. The highest BCUT2D eigenvalue weighted by Crippen LogP contribution is 2.33. The van der Waals surface area contributed by atoms with Crippen LogP contribution in [-0.2, 0) is 4.74 Å². The number of aromatic amines is 1. The zero-order chi connectivity index (χ0) is 23.0. The Morgan fingerprint density at radius 1 is 1.22 bits per heavy atom. The SMILES string of the molecule is CC(C)Oc1ccc2cc([C@H](C)Nc3cccc(N4CCOC4=O)c3F)c(=O)[nH]c2c1Cl. The molecule has 0 radical (unpaired) electrons. The predicted octanol–water partition coefficient (Wildman–Crippen LogP) is 5.24. The quantitative estimate of drug-likeness (QED) is 0.526. The minimum Gasteiger partial charge on any atom is -0.489 e. The number of hydrogen-bond acceptors (Lipinski definition) is 5. The molecule has 9 heteroatoms. The van der Waals surface area contributed by atoms with Gasteiger partial charge in [-0.2, -0.15) is 0 Å². The smallest absolute Gasteiger partial charge is 0.414 e. The third kappa shape index (κ3) is 4.10. The number of hydrogen-bond donors (Lipinski definition) is 2. The molecule has 1 aromatic heterocycles. The van der Waals surface area contributed by atoms with Crippen LogP contribution < -0.4 is 20.5 Å². The Hall–Kier alpha value is -3.26. The van der Waals surface area contributed by atoms with E-state index in [1.165, 1.54) is 11.0 Å². The van der Waals surface area contributed by atoms with Crippen molar-refractivity contribution in [2.45, 2.75) is 32.9 Å². The zero-order valence-corrected chi connectivity index (χ0v) is 18.6. The van der Waals surface area contributed by atoms with Crippen LogP contribution in [-0.4, -0.2) is 30.3 Å². The normalized spacial score (nSPS) is 14.7. The van der Waals surface area contributed by atoms with Gasteiger partial charge in [0, 0.05) is 10.9 Å². The molecule has 7 nitrogen and oxygen atoms in total. The molecule has 1 aliphatic heterocycles. The van der Waals surface area contributed by atoms with E-state index in [0.29, 0.717) is 21.9 Å². The van der Waals surface area contributed by atoms with Gasteiger partial charge in [-0.3, -0.25) is 9.69 Å². The highest BCUT2D eigenvalue weighted by molar-refractivity contribution is 6.36. The fourth-order valence-electron chi connectivity index (χ4n) is 3.67. The lowest BCUT2D eigenvalue weighted by Gasteiger charge is -2.20. The molecule has 3 aromatic rings. The van der Waals surface area contributed by atoms with Gasteiger partial charge in [0.15, 0.2) is 5.82 Å². The summed E-state index contributed by atoms with van der Waals surface area (Å²) in [6.07, 6.45) is -0.647. The van der Waals surface area contributed by atoms with Crippen molar-refractivity contribution in [1.29, 1.82) is 0 Å².